The standard InChI is InChI=1S/C19H24N6O3/c1-22-16-15(17(27)23(2)19(22)28)25(11-13-6-4-3-5-7-13)18(21-16)24-9-8-20-10-14(26)12-24/h3-7,14,20,26H,8-12H2,1-2H3. The first kappa shape index (κ1) is 18.5. The van der Waals surface area contributed by atoms with E-state index in [1.165, 1.54) is 11.6 Å². The Morgan fingerprint density at radius 3 is 2.68 bits per heavy atom. The number of benzene rings is 1. The summed E-state index contributed by atoms with van der Waals surface area (Å²) in [5.74, 6) is 0.583. The molecule has 0 bridgehead atoms. The van der Waals surface area contributed by atoms with Crippen molar-refractivity contribution < 1.29 is 5.11 Å². The maximum absolute atomic E-state index is 12.9. The Balaban J connectivity index is 1.96. The molecular weight excluding hydrogens is 360 g/mol. The van der Waals surface area contributed by atoms with Crippen molar-refractivity contribution >= 4 is 17.1 Å². The zero-order valence-corrected chi connectivity index (χ0v) is 16.0. The summed E-state index contributed by atoms with van der Waals surface area (Å²) in [5, 5.41) is 13.4. The molecular formula is C19H24N6O3. The molecule has 0 spiro atoms. The minimum absolute atomic E-state index is 0.353. The van der Waals surface area contributed by atoms with Crippen LogP contribution in [-0.4, -0.2) is 56.1 Å². The molecule has 3 heterocycles. The van der Waals surface area contributed by atoms with E-state index in [0.717, 1.165) is 10.1 Å². The molecule has 0 aliphatic carbocycles. The smallest absolute Gasteiger partial charge is 0.332 e. The lowest BCUT2D eigenvalue weighted by atomic mass is 10.2. The van der Waals surface area contributed by atoms with Crippen molar-refractivity contribution in [1.29, 1.82) is 0 Å². The number of imidazole rings is 1. The zero-order valence-electron chi connectivity index (χ0n) is 16.0. The molecule has 2 N–H and O–H groups in total. The SMILES string of the molecule is Cn1c(=O)c2c(nc(N3CCNCC(O)C3)n2Cc2ccccc2)n(C)c1=O. The highest BCUT2D eigenvalue weighted by molar-refractivity contribution is 5.74. The van der Waals surface area contributed by atoms with Gasteiger partial charge in [-0.3, -0.25) is 18.5 Å². The van der Waals surface area contributed by atoms with E-state index in [9.17, 15) is 14.7 Å². The predicted molar refractivity (Wildman–Crippen MR) is 107 cm³/mol. The first-order valence-corrected chi connectivity index (χ1v) is 9.31. The minimum atomic E-state index is -0.542. The van der Waals surface area contributed by atoms with Crippen molar-refractivity contribution in [2.24, 2.45) is 14.1 Å². The number of nitrogens with one attached hydrogen (secondary N) is 1. The van der Waals surface area contributed by atoms with E-state index in [1.54, 1.807) is 7.05 Å². The minimum Gasteiger partial charge on any atom is -0.390 e. The van der Waals surface area contributed by atoms with Crippen LogP contribution in [0.1, 0.15) is 5.56 Å². The number of β-amino-alcohol motifs (C(OH)–C–C–N with tert-alkyl or cyclic N) is 1. The van der Waals surface area contributed by atoms with Gasteiger partial charge in [0, 0.05) is 40.3 Å². The van der Waals surface area contributed by atoms with Gasteiger partial charge in [0.25, 0.3) is 5.56 Å². The number of aromatic nitrogens is 4. The molecule has 9 heteroatoms. The highest BCUT2D eigenvalue weighted by Crippen LogP contribution is 2.22. The van der Waals surface area contributed by atoms with Crippen LogP contribution in [0.4, 0.5) is 5.95 Å². The molecule has 9 nitrogen and oxygen atoms in total. The van der Waals surface area contributed by atoms with Crippen LogP contribution in [0.3, 0.4) is 0 Å². The lowest BCUT2D eigenvalue weighted by Crippen LogP contribution is -2.37. The van der Waals surface area contributed by atoms with Gasteiger partial charge in [0.15, 0.2) is 11.2 Å². The average Bonchev–Trinajstić information content (AvgIpc) is 2.93. The van der Waals surface area contributed by atoms with Crippen LogP contribution in [0.25, 0.3) is 11.2 Å². The van der Waals surface area contributed by atoms with E-state index in [4.69, 9.17) is 0 Å². The number of hydrogen-bond donors (Lipinski definition) is 2. The fraction of sp³-hybridized carbons (Fsp3) is 0.421. The van der Waals surface area contributed by atoms with Crippen LogP contribution in [0, 0.1) is 0 Å². The summed E-state index contributed by atoms with van der Waals surface area (Å²) >= 11 is 0. The van der Waals surface area contributed by atoms with E-state index in [2.05, 4.69) is 10.3 Å². The summed E-state index contributed by atoms with van der Waals surface area (Å²) < 4.78 is 4.35. The third kappa shape index (κ3) is 3.12. The molecule has 0 radical (unpaired) electrons. The molecule has 1 fully saturated rings. The van der Waals surface area contributed by atoms with Gasteiger partial charge in [-0.25, -0.2) is 4.79 Å². The normalized spacial score (nSPS) is 17.8. The number of fused-ring (bicyclic) bond motifs is 1. The Morgan fingerprint density at radius 1 is 1.18 bits per heavy atom. The Kier molecular flexibility index (Phi) is 4.78. The van der Waals surface area contributed by atoms with E-state index < -0.39 is 11.8 Å². The maximum Gasteiger partial charge on any atom is 0.332 e. The lowest BCUT2D eigenvalue weighted by molar-refractivity contribution is 0.184. The highest BCUT2D eigenvalue weighted by Gasteiger charge is 2.25. The third-order valence-electron chi connectivity index (χ3n) is 5.16. The summed E-state index contributed by atoms with van der Waals surface area (Å²) in [6.07, 6.45) is -0.542. The lowest BCUT2D eigenvalue weighted by Gasteiger charge is -2.23. The first-order valence-electron chi connectivity index (χ1n) is 9.31. The van der Waals surface area contributed by atoms with E-state index in [-0.39, 0.29) is 5.56 Å². The Labute approximate surface area is 161 Å². The number of anilines is 1. The van der Waals surface area contributed by atoms with Crippen LogP contribution in [0.2, 0.25) is 0 Å². The van der Waals surface area contributed by atoms with Gasteiger partial charge in [0.2, 0.25) is 5.95 Å². The summed E-state index contributed by atoms with van der Waals surface area (Å²) in [6.45, 7) is 2.70. The average molecular weight is 384 g/mol. The number of aliphatic hydroxyl groups is 1. The van der Waals surface area contributed by atoms with Crippen molar-refractivity contribution in [2.45, 2.75) is 12.6 Å². The monoisotopic (exact) mass is 384 g/mol. The van der Waals surface area contributed by atoms with Gasteiger partial charge >= 0.3 is 5.69 Å². The molecule has 1 aromatic carbocycles. The van der Waals surface area contributed by atoms with Crippen LogP contribution >= 0.6 is 0 Å². The van der Waals surface area contributed by atoms with Gasteiger partial charge in [-0.15, -0.1) is 0 Å². The molecule has 1 atom stereocenters. The quantitative estimate of drug-likeness (QED) is 0.617. The van der Waals surface area contributed by atoms with Crippen LogP contribution in [0.15, 0.2) is 39.9 Å². The van der Waals surface area contributed by atoms with Crippen LogP contribution in [-0.2, 0) is 20.6 Å². The largest absolute Gasteiger partial charge is 0.390 e. The number of rotatable bonds is 3. The second kappa shape index (κ2) is 7.25. The van der Waals surface area contributed by atoms with Gasteiger partial charge in [-0.05, 0) is 5.56 Å². The van der Waals surface area contributed by atoms with Crippen LogP contribution in [0.5, 0.6) is 0 Å². The summed E-state index contributed by atoms with van der Waals surface area (Å²) in [5.41, 5.74) is 0.973. The Hall–Kier alpha value is -2.91. The van der Waals surface area contributed by atoms with Crippen molar-refractivity contribution in [3.8, 4) is 0 Å². The molecule has 4 rings (SSSR count). The topological polar surface area (TPSA) is 97.3 Å². The van der Waals surface area contributed by atoms with Gasteiger partial charge in [-0.2, -0.15) is 4.98 Å². The molecule has 1 aliphatic heterocycles. The highest BCUT2D eigenvalue weighted by atomic mass is 16.3. The van der Waals surface area contributed by atoms with Crippen LogP contribution < -0.4 is 21.5 Å². The van der Waals surface area contributed by atoms with E-state index in [1.807, 2.05) is 39.8 Å². The molecule has 3 aromatic rings. The molecule has 1 aliphatic rings. The number of aliphatic hydroxyl groups excluding tert-OH is 1. The molecule has 2 aromatic heterocycles. The number of hydrogen-bond acceptors (Lipinski definition) is 6. The van der Waals surface area contributed by atoms with Gasteiger partial charge < -0.3 is 15.3 Å². The first-order chi connectivity index (χ1) is 13.5. The number of nitrogens with zero attached hydrogens (tertiary/aromatic N) is 5. The molecule has 0 saturated carbocycles. The van der Waals surface area contributed by atoms with Crippen molar-refractivity contribution in [2.75, 3.05) is 31.1 Å². The third-order valence-corrected chi connectivity index (χ3v) is 5.16. The molecule has 28 heavy (non-hydrogen) atoms. The maximum atomic E-state index is 12.9. The fourth-order valence-corrected chi connectivity index (χ4v) is 3.67. The van der Waals surface area contributed by atoms with Crippen molar-refractivity contribution in [3.05, 3.63) is 56.7 Å². The molecule has 148 valence electrons. The fourth-order valence-electron chi connectivity index (χ4n) is 3.67. The Bertz CT molecular complexity index is 1110. The van der Waals surface area contributed by atoms with E-state index >= 15 is 0 Å². The van der Waals surface area contributed by atoms with Crippen molar-refractivity contribution in [3.63, 3.8) is 0 Å². The second-order valence-electron chi connectivity index (χ2n) is 7.17. The summed E-state index contributed by atoms with van der Waals surface area (Å²) in [4.78, 5) is 32.0. The summed E-state index contributed by atoms with van der Waals surface area (Å²) in [7, 11) is 3.09. The predicted octanol–water partition coefficient (Wildman–Crippen LogP) is -0.747. The molecule has 1 saturated heterocycles. The van der Waals surface area contributed by atoms with Gasteiger partial charge in [-0.1, -0.05) is 30.3 Å². The molecule has 1 unspecified atom stereocenters. The zero-order chi connectivity index (χ0) is 19.8. The molecule has 0 amide bonds. The Morgan fingerprint density at radius 2 is 1.93 bits per heavy atom. The van der Waals surface area contributed by atoms with Gasteiger partial charge in [0.05, 0.1) is 12.6 Å². The summed E-state index contributed by atoms with van der Waals surface area (Å²) in [6, 6.07) is 9.81. The van der Waals surface area contributed by atoms with Gasteiger partial charge in [0.1, 0.15) is 0 Å². The van der Waals surface area contributed by atoms with E-state index in [0.29, 0.717) is 49.8 Å². The van der Waals surface area contributed by atoms with Crippen molar-refractivity contribution in [1.82, 2.24) is 24.0 Å². The number of aryl methyl sites for hydroxylation is 1. The second-order valence-corrected chi connectivity index (χ2v) is 7.17.